The maximum Gasteiger partial charge on any atom is 0.282 e. The number of nitrogens with zero attached hydrogens (tertiary/aromatic N) is 2. The number of benzene rings is 3. The zero-order chi connectivity index (χ0) is 29.0. The summed E-state index contributed by atoms with van der Waals surface area (Å²) in [6.07, 6.45) is 4.08. The van der Waals surface area contributed by atoms with Gasteiger partial charge in [-0.05, 0) is 120 Å². The number of aldehydes is 1. The SMILES string of the molecule is Cc1cccc(C=C(Br)Br)c1N.Cc1cccc(C=C(Br)Br)c1[N+](=O)[O-].Cc1cccc(C=O)c1[N+](=O)[O-]. The number of nitrogen functional groups attached to an aromatic ring is 1. The normalized spacial score (nSPS) is 9.55. The molecule has 0 radical (unpaired) electrons. The van der Waals surface area contributed by atoms with Gasteiger partial charge in [0.15, 0.2) is 6.29 Å². The second-order valence-corrected chi connectivity index (χ2v) is 13.1. The predicted octanol–water partition coefficient (Wildman–Crippen LogP) is 9.37. The first-order valence-electron chi connectivity index (χ1n) is 10.6. The van der Waals surface area contributed by atoms with Crippen LogP contribution in [0.5, 0.6) is 0 Å². The van der Waals surface area contributed by atoms with Crippen LogP contribution in [-0.4, -0.2) is 16.1 Å². The summed E-state index contributed by atoms with van der Waals surface area (Å²) >= 11 is 12.9. The molecule has 0 aliphatic rings. The van der Waals surface area contributed by atoms with E-state index in [2.05, 4.69) is 63.7 Å². The minimum absolute atomic E-state index is 0.104. The van der Waals surface area contributed by atoms with Crippen LogP contribution in [0.1, 0.15) is 38.2 Å². The zero-order valence-electron chi connectivity index (χ0n) is 20.5. The van der Waals surface area contributed by atoms with E-state index < -0.39 is 4.92 Å². The average molecular weight is 777 g/mol. The molecule has 3 aromatic rings. The van der Waals surface area contributed by atoms with Crippen molar-refractivity contribution in [2.24, 2.45) is 0 Å². The molecule has 38 heavy (non-hydrogen) atoms. The maximum absolute atomic E-state index is 10.8. The summed E-state index contributed by atoms with van der Waals surface area (Å²) in [6.45, 7) is 5.32. The lowest BCUT2D eigenvalue weighted by atomic mass is 10.1. The van der Waals surface area contributed by atoms with Crippen molar-refractivity contribution in [3.8, 4) is 0 Å². The van der Waals surface area contributed by atoms with E-state index in [0.717, 1.165) is 20.2 Å². The second kappa shape index (κ2) is 16.3. The molecule has 8 nitrogen and oxygen atoms in total. The van der Waals surface area contributed by atoms with E-state index in [9.17, 15) is 25.0 Å². The Morgan fingerprint density at radius 3 is 1.45 bits per heavy atom. The van der Waals surface area contributed by atoms with Crippen LogP contribution in [0.3, 0.4) is 0 Å². The van der Waals surface area contributed by atoms with Gasteiger partial charge < -0.3 is 5.73 Å². The molecule has 0 saturated carbocycles. The maximum atomic E-state index is 10.8. The second-order valence-electron chi connectivity index (χ2n) is 7.60. The molecule has 0 unspecified atom stereocenters. The number of hydrogen-bond donors (Lipinski definition) is 1. The lowest BCUT2D eigenvalue weighted by Crippen LogP contribution is -1.96. The Bertz CT molecular complexity index is 1380. The first kappa shape index (κ1) is 33.4. The van der Waals surface area contributed by atoms with E-state index in [4.69, 9.17) is 5.73 Å². The van der Waals surface area contributed by atoms with E-state index in [0.29, 0.717) is 26.4 Å². The van der Waals surface area contributed by atoms with E-state index in [1.165, 1.54) is 6.07 Å². The third kappa shape index (κ3) is 10.6. The van der Waals surface area contributed by atoms with Crippen LogP contribution in [0.25, 0.3) is 12.2 Å². The molecule has 0 aliphatic heterocycles. The first-order chi connectivity index (χ1) is 17.8. The molecule has 200 valence electrons. The third-order valence-corrected chi connectivity index (χ3v) is 5.83. The smallest absolute Gasteiger partial charge is 0.282 e. The quantitative estimate of drug-likeness (QED) is 0.119. The van der Waals surface area contributed by atoms with E-state index in [1.807, 2.05) is 31.2 Å². The van der Waals surface area contributed by atoms with Crippen LogP contribution in [-0.2, 0) is 0 Å². The molecule has 12 heteroatoms. The standard InChI is InChI=1S/C9H7Br2NO2.C9H9Br2N.C8H7NO3/c1-6-3-2-4-7(5-8(10)11)9(6)12(13)14;1-6-3-2-4-7(9(6)12)5-8(10)11;1-6-3-2-4-7(5-10)8(6)9(11)12/h2-5H,1H3;2-5H,12H2,1H3;2-5H,1H3. The summed E-state index contributed by atoms with van der Waals surface area (Å²) in [7, 11) is 0. The highest BCUT2D eigenvalue weighted by Gasteiger charge is 2.15. The number of halogens is 4. The van der Waals surface area contributed by atoms with Gasteiger partial charge in [-0.25, -0.2) is 0 Å². The number of nitro benzene ring substituents is 2. The van der Waals surface area contributed by atoms with Crippen LogP contribution in [0.4, 0.5) is 17.1 Å². The van der Waals surface area contributed by atoms with Crippen LogP contribution in [0.15, 0.2) is 61.4 Å². The Hall–Kier alpha value is -2.67. The highest BCUT2D eigenvalue weighted by Crippen LogP contribution is 2.28. The van der Waals surface area contributed by atoms with Crippen molar-refractivity contribution in [3.05, 3.63) is 115 Å². The fourth-order valence-corrected chi connectivity index (χ4v) is 4.12. The molecule has 0 amide bonds. The van der Waals surface area contributed by atoms with Crippen molar-refractivity contribution in [3.63, 3.8) is 0 Å². The minimum atomic E-state index is -0.543. The van der Waals surface area contributed by atoms with Gasteiger partial charge in [0.05, 0.1) is 27.8 Å². The van der Waals surface area contributed by atoms with Gasteiger partial charge in [0.1, 0.15) is 0 Å². The van der Waals surface area contributed by atoms with Gasteiger partial charge in [-0.15, -0.1) is 0 Å². The molecule has 0 atom stereocenters. The van der Waals surface area contributed by atoms with Crippen LogP contribution in [0, 0.1) is 41.0 Å². The fraction of sp³-hybridized carbons (Fsp3) is 0.115. The molecule has 0 heterocycles. The predicted molar refractivity (Wildman–Crippen MR) is 168 cm³/mol. The number of para-hydroxylation sites is 3. The summed E-state index contributed by atoms with van der Waals surface area (Å²) in [5.41, 5.74) is 10.7. The molecular weight excluding hydrogens is 754 g/mol. The molecule has 3 aromatic carbocycles. The van der Waals surface area contributed by atoms with Crippen molar-refractivity contribution in [1.29, 1.82) is 0 Å². The zero-order valence-corrected chi connectivity index (χ0v) is 26.8. The van der Waals surface area contributed by atoms with Gasteiger partial charge in [0.2, 0.25) is 0 Å². The number of hydrogen-bond acceptors (Lipinski definition) is 6. The summed E-state index contributed by atoms with van der Waals surface area (Å²) in [6, 6.07) is 15.8. The van der Waals surface area contributed by atoms with Gasteiger partial charge in [-0.3, -0.25) is 25.0 Å². The summed E-state index contributed by atoms with van der Waals surface area (Å²) < 4.78 is 1.58. The Morgan fingerprint density at radius 2 is 1.05 bits per heavy atom. The van der Waals surface area contributed by atoms with Crippen molar-refractivity contribution >= 4 is 99.2 Å². The van der Waals surface area contributed by atoms with Gasteiger partial charge in [-0.1, -0.05) is 42.5 Å². The molecule has 2 N–H and O–H groups in total. The lowest BCUT2D eigenvalue weighted by molar-refractivity contribution is -0.385. The summed E-state index contributed by atoms with van der Waals surface area (Å²) in [4.78, 5) is 30.7. The third-order valence-electron chi connectivity index (χ3n) is 4.92. The van der Waals surface area contributed by atoms with Gasteiger partial charge in [0.25, 0.3) is 11.4 Å². The van der Waals surface area contributed by atoms with E-state index >= 15 is 0 Å². The Morgan fingerprint density at radius 1 is 0.684 bits per heavy atom. The van der Waals surface area contributed by atoms with Crippen molar-refractivity contribution in [1.82, 2.24) is 0 Å². The Labute approximate surface area is 253 Å². The monoisotopic (exact) mass is 773 g/mol. The van der Waals surface area contributed by atoms with Gasteiger partial charge in [0, 0.05) is 16.8 Å². The van der Waals surface area contributed by atoms with Crippen molar-refractivity contribution in [2.75, 3.05) is 5.73 Å². The molecule has 0 bridgehead atoms. The first-order valence-corrected chi connectivity index (χ1v) is 13.8. The Kier molecular flexibility index (Phi) is 14.3. The highest BCUT2D eigenvalue weighted by molar-refractivity contribution is 9.28. The fourth-order valence-electron chi connectivity index (χ4n) is 3.14. The van der Waals surface area contributed by atoms with Crippen molar-refractivity contribution in [2.45, 2.75) is 20.8 Å². The molecule has 0 fully saturated rings. The van der Waals surface area contributed by atoms with Crippen LogP contribution < -0.4 is 5.73 Å². The number of aryl methyl sites for hydroxylation is 3. The minimum Gasteiger partial charge on any atom is -0.398 e. The molecule has 0 aliphatic carbocycles. The number of nitrogens with two attached hydrogens (primary N) is 1. The van der Waals surface area contributed by atoms with Gasteiger partial charge >= 0.3 is 0 Å². The van der Waals surface area contributed by atoms with Crippen LogP contribution >= 0.6 is 63.7 Å². The van der Waals surface area contributed by atoms with Crippen molar-refractivity contribution < 1.29 is 14.6 Å². The molecule has 0 spiro atoms. The lowest BCUT2D eigenvalue weighted by Gasteiger charge is -2.03. The number of carbonyl (C=O) groups excluding carboxylic acids is 1. The Balaban J connectivity index is 0.000000286. The number of anilines is 1. The number of carbonyl (C=O) groups is 1. The number of nitro groups is 2. The van der Waals surface area contributed by atoms with Gasteiger partial charge in [-0.2, -0.15) is 0 Å². The summed E-state index contributed by atoms with van der Waals surface area (Å²) in [5.74, 6) is 0. The molecular formula is C26H23Br4N3O5. The highest BCUT2D eigenvalue weighted by atomic mass is 79.9. The largest absolute Gasteiger partial charge is 0.398 e. The topological polar surface area (TPSA) is 129 Å². The molecule has 0 aromatic heterocycles. The van der Waals surface area contributed by atoms with Crippen LogP contribution in [0.2, 0.25) is 0 Å². The number of rotatable bonds is 5. The van der Waals surface area contributed by atoms with E-state index in [1.54, 1.807) is 50.3 Å². The van der Waals surface area contributed by atoms with E-state index in [-0.39, 0.29) is 21.9 Å². The average Bonchev–Trinajstić information content (AvgIpc) is 2.81. The molecule has 0 saturated heterocycles. The molecule has 3 rings (SSSR count). The summed E-state index contributed by atoms with van der Waals surface area (Å²) in [5, 5.41) is 21.2.